The van der Waals surface area contributed by atoms with E-state index in [9.17, 15) is 19.5 Å². The largest absolute Gasteiger partial charge is 0.463 e. The maximum Gasteiger partial charge on any atom is 0.303 e. The van der Waals surface area contributed by atoms with Crippen molar-refractivity contribution in [2.75, 3.05) is 6.61 Å². The maximum atomic E-state index is 12.1. The number of carbonyl (C=O) groups excluding carboxylic acids is 3. The van der Waals surface area contributed by atoms with Crippen LogP contribution in [-0.2, 0) is 33.3 Å². The molecule has 1 aliphatic heterocycles. The number of halogens is 1. The van der Waals surface area contributed by atoms with Gasteiger partial charge in [-0.25, -0.2) is 4.68 Å². The summed E-state index contributed by atoms with van der Waals surface area (Å²) in [7, 11) is 0. The van der Waals surface area contributed by atoms with Crippen molar-refractivity contribution in [3.8, 4) is 0 Å². The third-order valence-corrected chi connectivity index (χ3v) is 6.41. The van der Waals surface area contributed by atoms with Crippen LogP contribution < -0.4 is 0 Å². The first kappa shape index (κ1) is 27.0. The van der Waals surface area contributed by atoms with Crippen molar-refractivity contribution in [1.82, 2.24) is 20.0 Å². The highest BCUT2D eigenvalue weighted by Crippen LogP contribution is 2.41. The number of aromatic nitrogens is 4. The molecule has 6 atom stereocenters. The minimum absolute atomic E-state index is 0.234. The van der Waals surface area contributed by atoms with E-state index in [1.54, 1.807) is 18.5 Å². The highest BCUT2D eigenvalue weighted by Gasteiger charge is 2.52. The van der Waals surface area contributed by atoms with Gasteiger partial charge in [0.25, 0.3) is 0 Å². The van der Waals surface area contributed by atoms with Gasteiger partial charge in [-0.3, -0.25) is 19.4 Å². The van der Waals surface area contributed by atoms with Crippen molar-refractivity contribution in [2.45, 2.75) is 68.5 Å². The molecule has 14 heteroatoms. The van der Waals surface area contributed by atoms with Crippen molar-refractivity contribution in [3.63, 3.8) is 0 Å². The Bertz CT molecular complexity index is 1070. The number of pyridine rings is 1. The van der Waals surface area contributed by atoms with Crippen LogP contribution in [-0.4, -0.2) is 73.3 Å². The summed E-state index contributed by atoms with van der Waals surface area (Å²) in [5.41, 5.74) is -0.580. The molecule has 190 valence electrons. The maximum absolute atomic E-state index is 12.1. The SMILES string of the molecule is CC(=O)OCC1O[C@H](Sc2cncc(Br)c2)C(OC(C)=O)C(n2cc(C(C)O)nn2)[C@H]1OC(C)=O. The van der Waals surface area contributed by atoms with Crippen LogP contribution in [0.5, 0.6) is 0 Å². The van der Waals surface area contributed by atoms with E-state index in [0.717, 1.165) is 4.47 Å². The molecule has 0 aliphatic carbocycles. The molecule has 3 rings (SSSR count). The van der Waals surface area contributed by atoms with E-state index in [1.807, 2.05) is 0 Å². The summed E-state index contributed by atoms with van der Waals surface area (Å²) in [5.74, 6) is -1.78. The minimum Gasteiger partial charge on any atom is -0.463 e. The Morgan fingerprint density at radius 3 is 2.43 bits per heavy atom. The van der Waals surface area contributed by atoms with Crippen LogP contribution in [0.2, 0.25) is 0 Å². The number of aliphatic hydroxyl groups is 1. The fraction of sp³-hybridized carbons (Fsp3) is 0.524. The van der Waals surface area contributed by atoms with Crippen LogP contribution >= 0.6 is 27.7 Å². The Balaban J connectivity index is 2.09. The highest BCUT2D eigenvalue weighted by atomic mass is 79.9. The summed E-state index contributed by atoms with van der Waals surface area (Å²) in [6, 6.07) is 0.885. The molecule has 1 aliphatic rings. The molecule has 1 saturated heterocycles. The number of hydrogen-bond acceptors (Lipinski definition) is 12. The van der Waals surface area contributed by atoms with Crippen molar-refractivity contribution >= 4 is 45.6 Å². The summed E-state index contributed by atoms with van der Waals surface area (Å²) >= 11 is 4.59. The summed E-state index contributed by atoms with van der Waals surface area (Å²) in [5, 5.41) is 18.0. The summed E-state index contributed by atoms with van der Waals surface area (Å²) in [6.45, 7) is 5.00. The van der Waals surface area contributed by atoms with Crippen LogP contribution in [0.4, 0.5) is 0 Å². The normalized spacial score (nSPS) is 24.9. The Hall–Kier alpha value is -2.55. The number of nitrogens with zero attached hydrogens (tertiary/aromatic N) is 4. The molecule has 0 amide bonds. The number of esters is 3. The lowest BCUT2D eigenvalue weighted by molar-refractivity contribution is -0.212. The lowest BCUT2D eigenvalue weighted by atomic mass is 9.96. The molecule has 0 saturated carbocycles. The van der Waals surface area contributed by atoms with Gasteiger partial charge in [-0.05, 0) is 28.9 Å². The Kier molecular flexibility index (Phi) is 9.21. The second-order valence-corrected chi connectivity index (χ2v) is 9.83. The standard InChI is InChI=1S/C21H25BrN4O8S/c1-10(27)16-8-26(25-24-16)18-19(32-12(3)29)17(9-31-11(2)28)34-21(20(18)33-13(4)30)35-15-5-14(22)6-23-7-15/h5-8,10,17-21,27H,9H2,1-4H3/t10?,17?,18?,19-,20?,21+/m0/s1. The lowest BCUT2D eigenvalue weighted by Gasteiger charge is -2.44. The third kappa shape index (κ3) is 7.22. The predicted molar refractivity (Wildman–Crippen MR) is 124 cm³/mol. The molecule has 1 N–H and O–H groups in total. The van der Waals surface area contributed by atoms with Gasteiger partial charge < -0.3 is 24.1 Å². The van der Waals surface area contributed by atoms with Crippen molar-refractivity contribution < 1.29 is 38.4 Å². The Morgan fingerprint density at radius 1 is 1.17 bits per heavy atom. The molecule has 3 heterocycles. The van der Waals surface area contributed by atoms with E-state index >= 15 is 0 Å². The zero-order valence-corrected chi connectivity index (χ0v) is 21.8. The first-order valence-electron chi connectivity index (χ1n) is 10.6. The molecule has 0 radical (unpaired) electrons. The molecule has 1 fully saturated rings. The molecule has 35 heavy (non-hydrogen) atoms. The van der Waals surface area contributed by atoms with Gasteiger partial charge >= 0.3 is 17.9 Å². The third-order valence-electron chi connectivity index (χ3n) is 4.87. The molecule has 2 aromatic rings. The molecule has 2 aromatic heterocycles. The fourth-order valence-electron chi connectivity index (χ4n) is 3.50. The quantitative estimate of drug-likeness (QED) is 0.363. The molecule has 0 bridgehead atoms. The molecule has 0 aromatic carbocycles. The van der Waals surface area contributed by atoms with Crippen LogP contribution in [0.25, 0.3) is 0 Å². The second-order valence-electron chi connectivity index (χ2n) is 7.74. The number of aliphatic hydroxyl groups excluding tert-OH is 1. The van der Waals surface area contributed by atoms with Gasteiger partial charge in [0, 0.05) is 42.5 Å². The predicted octanol–water partition coefficient (Wildman–Crippen LogP) is 1.97. The number of rotatable bonds is 8. The van der Waals surface area contributed by atoms with Gasteiger partial charge in [0.15, 0.2) is 12.2 Å². The molecular formula is C21H25BrN4O8S. The first-order valence-corrected chi connectivity index (χ1v) is 12.2. The lowest BCUT2D eigenvalue weighted by Crippen LogP contribution is -2.57. The van der Waals surface area contributed by atoms with E-state index in [1.165, 1.54) is 50.3 Å². The van der Waals surface area contributed by atoms with E-state index in [0.29, 0.717) is 4.90 Å². The van der Waals surface area contributed by atoms with Gasteiger partial charge in [-0.2, -0.15) is 0 Å². The summed E-state index contributed by atoms with van der Waals surface area (Å²) in [6.07, 6.45) is 0.757. The summed E-state index contributed by atoms with van der Waals surface area (Å²) < 4.78 is 24.7. The van der Waals surface area contributed by atoms with Gasteiger partial charge in [-0.1, -0.05) is 17.0 Å². The van der Waals surface area contributed by atoms with Crippen LogP contribution in [0.1, 0.15) is 45.5 Å². The van der Waals surface area contributed by atoms with Crippen molar-refractivity contribution in [3.05, 3.63) is 34.8 Å². The van der Waals surface area contributed by atoms with Crippen LogP contribution in [0.3, 0.4) is 0 Å². The van der Waals surface area contributed by atoms with E-state index in [4.69, 9.17) is 18.9 Å². The van der Waals surface area contributed by atoms with E-state index in [-0.39, 0.29) is 12.3 Å². The van der Waals surface area contributed by atoms with Gasteiger partial charge in [0.2, 0.25) is 0 Å². The Labute approximate surface area is 213 Å². The zero-order valence-electron chi connectivity index (χ0n) is 19.4. The van der Waals surface area contributed by atoms with Crippen LogP contribution in [0, 0.1) is 0 Å². The van der Waals surface area contributed by atoms with E-state index in [2.05, 4.69) is 31.2 Å². The summed E-state index contributed by atoms with van der Waals surface area (Å²) in [4.78, 5) is 40.5. The zero-order chi connectivity index (χ0) is 25.7. The fourth-order valence-corrected chi connectivity index (χ4v) is 5.15. The first-order chi connectivity index (χ1) is 16.5. The topological polar surface area (TPSA) is 152 Å². The highest BCUT2D eigenvalue weighted by molar-refractivity contribution is 9.10. The van der Waals surface area contributed by atoms with Crippen molar-refractivity contribution in [2.24, 2.45) is 0 Å². The number of hydrogen-bond donors (Lipinski definition) is 1. The average molecular weight is 573 g/mol. The number of thioether (sulfide) groups is 1. The van der Waals surface area contributed by atoms with E-state index < -0.39 is 53.8 Å². The van der Waals surface area contributed by atoms with Crippen LogP contribution in [0.15, 0.2) is 34.0 Å². The smallest absolute Gasteiger partial charge is 0.303 e. The van der Waals surface area contributed by atoms with Gasteiger partial charge in [0.1, 0.15) is 29.9 Å². The number of carbonyl (C=O) groups is 3. The van der Waals surface area contributed by atoms with Gasteiger partial charge in [0.05, 0.1) is 12.3 Å². The average Bonchev–Trinajstić information content (AvgIpc) is 3.24. The van der Waals surface area contributed by atoms with Gasteiger partial charge in [-0.15, -0.1) is 5.10 Å². The minimum atomic E-state index is -1.07. The monoisotopic (exact) mass is 572 g/mol. The second kappa shape index (κ2) is 11.9. The Morgan fingerprint density at radius 2 is 1.86 bits per heavy atom. The van der Waals surface area contributed by atoms with Crippen molar-refractivity contribution in [1.29, 1.82) is 0 Å². The molecule has 4 unspecified atom stereocenters. The molecule has 12 nitrogen and oxygen atoms in total. The number of ether oxygens (including phenoxy) is 4. The molecule has 0 spiro atoms. The molecular weight excluding hydrogens is 548 g/mol.